The van der Waals surface area contributed by atoms with Crippen LogP contribution in [0.4, 0.5) is 0 Å². The predicted molar refractivity (Wildman–Crippen MR) is 197 cm³/mol. The van der Waals surface area contributed by atoms with Crippen molar-refractivity contribution in [3.05, 3.63) is 146 Å². The Morgan fingerprint density at radius 2 is 1.15 bits per heavy atom. The van der Waals surface area contributed by atoms with Gasteiger partial charge in [0.2, 0.25) is 5.89 Å². The fourth-order valence-electron chi connectivity index (χ4n) is 6.63. The summed E-state index contributed by atoms with van der Waals surface area (Å²) in [7, 11) is 0. The van der Waals surface area contributed by atoms with E-state index in [4.69, 9.17) is 24.4 Å². The van der Waals surface area contributed by atoms with E-state index in [1.165, 1.54) is 16.2 Å². The minimum atomic E-state index is 0.616. The van der Waals surface area contributed by atoms with Gasteiger partial charge < -0.3 is 4.42 Å². The van der Waals surface area contributed by atoms with Gasteiger partial charge in [0.05, 0.1) is 0 Å². The maximum absolute atomic E-state index is 6.22. The van der Waals surface area contributed by atoms with Gasteiger partial charge in [-0.3, -0.25) is 0 Å². The smallest absolute Gasteiger partial charge is 0.227 e. The molecule has 0 saturated carbocycles. The molecule has 3 aromatic heterocycles. The molecular formula is C42H24N4OS. The molecule has 0 fully saturated rings. The van der Waals surface area contributed by atoms with Gasteiger partial charge in [-0.2, -0.15) is 0 Å². The van der Waals surface area contributed by atoms with Crippen molar-refractivity contribution in [1.29, 1.82) is 0 Å². The molecule has 6 heteroatoms. The van der Waals surface area contributed by atoms with Crippen LogP contribution in [-0.2, 0) is 0 Å². The molecule has 0 saturated heterocycles. The summed E-state index contributed by atoms with van der Waals surface area (Å²) in [5.74, 6) is 2.52. The van der Waals surface area contributed by atoms with Gasteiger partial charge in [-0.05, 0) is 51.9 Å². The quantitative estimate of drug-likeness (QED) is 0.181. The van der Waals surface area contributed by atoms with E-state index in [1.807, 2.05) is 60.7 Å². The number of nitrogens with zero attached hydrogens (tertiary/aromatic N) is 4. The molecule has 3 heterocycles. The number of fused-ring (bicyclic) bond motifs is 7. The summed E-state index contributed by atoms with van der Waals surface area (Å²) in [4.78, 5) is 20.2. The third kappa shape index (κ3) is 4.38. The average Bonchev–Trinajstić information content (AvgIpc) is 3.74. The van der Waals surface area contributed by atoms with Gasteiger partial charge in [0.15, 0.2) is 23.1 Å². The van der Waals surface area contributed by atoms with Crippen LogP contribution in [0.2, 0.25) is 0 Å². The molecule has 0 bridgehead atoms. The van der Waals surface area contributed by atoms with Crippen LogP contribution in [0.3, 0.4) is 0 Å². The van der Waals surface area contributed by atoms with Gasteiger partial charge in [-0.15, -0.1) is 11.3 Å². The first-order valence-electron chi connectivity index (χ1n) is 15.8. The Bertz CT molecular complexity index is 2840. The minimum absolute atomic E-state index is 0.616. The maximum atomic E-state index is 6.22. The van der Waals surface area contributed by atoms with E-state index >= 15 is 0 Å². The molecule has 10 aromatic rings. The van der Waals surface area contributed by atoms with Crippen molar-refractivity contribution in [2.75, 3.05) is 0 Å². The van der Waals surface area contributed by atoms with Gasteiger partial charge in [0.25, 0.3) is 0 Å². The molecule has 0 aliphatic carbocycles. The van der Waals surface area contributed by atoms with Crippen molar-refractivity contribution < 1.29 is 4.42 Å². The van der Waals surface area contributed by atoms with E-state index in [2.05, 4.69) is 84.9 Å². The lowest BCUT2D eigenvalue weighted by atomic mass is 10.00. The fraction of sp³-hybridized carbons (Fsp3) is 0. The summed E-state index contributed by atoms with van der Waals surface area (Å²) < 4.78 is 8.50. The molecule has 0 spiro atoms. The third-order valence-corrected chi connectivity index (χ3v) is 10.1. The van der Waals surface area contributed by atoms with Gasteiger partial charge in [0, 0.05) is 48.5 Å². The van der Waals surface area contributed by atoms with E-state index in [0.717, 1.165) is 58.9 Å². The lowest BCUT2D eigenvalue weighted by Gasteiger charge is -2.11. The Labute approximate surface area is 278 Å². The van der Waals surface area contributed by atoms with E-state index in [1.54, 1.807) is 11.3 Å². The number of aromatic nitrogens is 4. The number of hydrogen-bond acceptors (Lipinski definition) is 6. The van der Waals surface area contributed by atoms with Crippen molar-refractivity contribution in [2.24, 2.45) is 0 Å². The summed E-state index contributed by atoms with van der Waals surface area (Å²) in [6.07, 6.45) is 0. The predicted octanol–water partition coefficient (Wildman–Crippen LogP) is 11.4. The zero-order valence-electron chi connectivity index (χ0n) is 25.5. The third-order valence-electron chi connectivity index (χ3n) is 8.94. The monoisotopic (exact) mass is 632 g/mol. The van der Waals surface area contributed by atoms with Crippen LogP contribution in [0.15, 0.2) is 150 Å². The molecule has 10 rings (SSSR count). The molecule has 0 atom stereocenters. The SMILES string of the molecule is c1ccc(-c2nc(-c3ccc4c(ccc5ccccc54)c3)nc(-c3cccc4sc5cc6oc(-c7ccccc7)nc6cc5c34)n2)cc1. The highest BCUT2D eigenvalue weighted by atomic mass is 32.1. The summed E-state index contributed by atoms with van der Waals surface area (Å²) >= 11 is 1.73. The zero-order valence-corrected chi connectivity index (χ0v) is 26.3. The highest BCUT2D eigenvalue weighted by molar-refractivity contribution is 7.26. The molecule has 0 radical (unpaired) electrons. The van der Waals surface area contributed by atoms with Crippen molar-refractivity contribution in [3.8, 4) is 45.6 Å². The average molecular weight is 633 g/mol. The number of hydrogen-bond donors (Lipinski definition) is 0. The second-order valence-electron chi connectivity index (χ2n) is 11.9. The lowest BCUT2D eigenvalue weighted by molar-refractivity contribution is 0.620. The van der Waals surface area contributed by atoms with Crippen LogP contribution in [0.25, 0.3) is 98.4 Å². The number of thiophene rings is 1. The Kier molecular flexibility index (Phi) is 5.98. The first-order chi connectivity index (χ1) is 23.7. The number of rotatable bonds is 4. The molecule has 5 nitrogen and oxygen atoms in total. The van der Waals surface area contributed by atoms with E-state index < -0.39 is 0 Å². The topological polar surface area (TPSA) is 64.7 Å². The first-order valence-corrected chi connectivity index (χ1v) is 16.6. The Morgan fingerprint density at radius 1 is 0.438 bits per heavy atom. The van der Waals surface area contributed by atoms with Gasteiger partial charge >= 0.3 is 0 Å². The van der Waals surface area contributed by atoms with Crippen molar-refractivity contribution in [2.45, 2.75) is 0 Å². The van der Waals surface area contributed by atoms with Crippen LogP contribution < -0.4 is 0 Å². The summed E-state index contributed by atoms with van der Waals surface area (Å²) in [5, 5.41) is 7.01. The highest BCUT2D eigenvalue weighted by Gasteiger charge is 2.19. The van der Waals surface area contributed by atoms with Crippen LogP contribution >= 0.6 is 11.3 Å². The molecule has 0 aliphatic rings. The Morgan fingerprint density at radius 3 is 2.00 bits per heavy atom. The van der Waals surface area contributed by atoms with Crippen LogP contribution in [0.5, 0.6) is 0 Å². The Hall–Kier alpha value is -6.24. The lowest BCUT2D eigenvalue weighted by Crippen LogP contribution is -2.00. The van der Waals surface area contributed by atoms with Crippen LogP contribution in [0.1, 0.15) is 0 Å². The molecule has 7 aromatic carbocycles. The molecular weight excluding hydrogens is 609 g/mol. The van der Waals surface area contributed by atoms with E-state index in [0.29, 0.717) is 23.4 Å². The molecule has 0 aliphatic heterocycles. The highest BCUT2D eigenvalue weighted by Crippen LogP contribution is 2.42. The largest absolute Gasteiger partial charge is 0.436 e. The second kappa shape index (κ2) is 10.7. The zero-order chi connectivity index (χ0) is 31.6. The van der Waals surface area contributed by atoms with Gasteiger partial charge in [0.1, 0.15) is 5.52 Å². The van der Waals surface area contributed by atoms with Gasteiger partial charge in [-0.25, -0.2) is 19.9 Å². The van der Waals surface area contributed by atoms with Crippen molar-refractivity contribution >= 4 is 64.2 Å². The standard InChI is InChI=1S/C42H24N4OS/c1-3-11-26(12-4-1)39-44-40(29-20-21-31-28(22-29)19-18-25-10-7-8-15-30(25)31)46-41(45-39)32-16-9-17-36-38(32)33-23-34-35(24-37(33)48-36)47-42(43-34)27-13-5-2-6-14-27/h1-24H. The minimum Gasteiger partial charge on any atom is -0.436 e. The Balaban J connectivity index is 1.18. The fourth-order valence-corrected chi connectivity index (χ4v) is 7.77. The van der Waals surface area contributed by atoms with Crippen molar-refractivity contribution in [1.82, 2.24) is 19.9 Å². The van der Waals surface area contributed by atoms with Crippen LogP contribution in [-0.4, -0.2) is 19.9 Å². The maximum Gasteiger partial charge on any atom is 0.227 e. The summed E-state index contributed by atoms with van der Waals surface area (Å²) in [6.45, 7) is 0. The molecule has 48 heavy (non-hydrogen) atoms. The van der Waals surface area contributed by atoms with Gasteiger partial charge in [-0.1, -0.05) is 109 Å². The molecule has 0 N–H and O–H groups in total. The van der Waals surface area contributed by atoms with E-state index in [-0.39, 0.29) is 0 Å². The molecule has 0 amide bonds. The summed E-state index contributed by atoms with van der Waals surface area (Å²) in [5.41, 5.74) is 5.38. The summed E-state index contributed by atoms with van der Waals surface area (Å²) in [6, 6.07) is 50.0. The molecule has 224 valence electrons. The number of oxazole rings is 1. The van der Waals surface area contributed by atoms with E-state index in [9.17, 15) is 0 Å². The first kappa shape index (κ1) is 26.9. The van der Waals surface area contributed by atoms with Crippen molar-refractivity contribution in [3.63, 3.8) is 0 Å². The molecule has 0 unspecified atom stereocenters. The normalized spacial score (nSPS) is 11.8. The van der Waals surface area contributed by atoms with Crippen LogP contribution in [0, 0.1) is 0 Å². The number of benzene rings is 7. The second-order valence-corrected chi connectivity index (χ2v) is 13.0.